The van der Waals surface area contributed by atoms with E-state index in [1.807, 2.05) is 6.08 Å². The van der Waals surface area contributed by atoms with Gasteiger partial charge in [-0.2, -0.15) is 0 Å². The van der Waals surface area contributed by atoms with Crippen LogP contribution < -0.4 is 5.32 Å². The number of carbonyl (C=O) groups excluding carboxylic acids is 1. The topological polar surface area (TPSA) is 307 Å². The Balaban J connectivity index is 1.47. The lowest BCUT2D eigenvalue weighted by molar-refractivity contribution is -0.379. The van der Waals surface area contributed by atoms with Gasteiger partial charge in [0.15, 0.2) is 18.9 Å². The third-order valence-electron chi connectivity index (χ3n) is 16.3. The Labute approximate surface area is 480 Å². The molecular formula is C61H115NO18. The normalized spacial score (nSPS) is 30.0. The molecule has 12 N–H and O–H groups in total. The lowest BCUT2D eigenvalue weighted by atomic mass is 9.96. The van der Waals surface area contributed by atoms with E-state index in [2.05, 4.69) is 19.2 Å². The van der Waals surface area contributed by atoms with Crippen LogP contribution >= 0.6 is 0 Å². The Kier molecular flexibility index (Phi) is 40.9. The summed E-state index contributed by atoms with van der Waals surface area (Å²) in [5.74, 6) is -0.273. The average molecular weight is 1150 g/mol. The van der Waals surface area contributed by atoms with E-state index in [0.717, 1.165) is 44.9 Å². The fourth-order valence-corrected chi connectivity index (χ4v) is 11.1. The number of ether oxygens (including phenoxy) is 6. The van der Waals surface area contributed by atoms with E-state index in [1.54, 1.807) is 6.08 Å². The molecule has 17 unspecified atom stereocenters. The summed E-state index contributed by atoms with van der Waals surface area (Å²) >= 11 is 0. The number of allylic oxidation sites excluding steroid dienone is 1. The second-order valence-corrected chi connectivity index (χ2v) is 23.2. The number of hydrogen-bond acceptors (Lipinski definition) is 18. The first-order valence-corrected chi connectivity index (χ1v) is 31.9. The summed E-state index contributed by atoms with van der Waals surface area (Å²) < 4.78 is 34.3. The van der Waals surface area contributed by atoms with Crippen molar-refractivity contribution in [2.24, 2.45) is 0 Å². The molecule has 17 atom stereocenters. The Morgan fingerprint density at radius 2 is 0.775 bits per heavy atom. The van der Waals surface area contributed by atoms with Gasteiger partial charge in [0.1, 0.15) is 73.2 Å². The lowest BCUT2D eigenvalue weighted by Gasteiger charge is -2.48. The summed E-state index contributed by atoms with van der Waals surface area (Å²) in [6, 6.07) is -0.967. The number of hydrogen-bond donors (Lipinski definition) is 12. The highest BCUT2D eigenvalue weighted by Gasteiger charge is 2.53. The maximum Gasteiger partial charge on any atom is 0.220 e. The van der Waals surface area contributed by atoms with Gasteiger partial charge < -0.3 is 89.9 Å². The first-order chi connectivity index (χ1) is 38.8. The monoisotopic (exact) mass is 1150 g/mol. The minimum Gasteiger partial charge on any atom is -0.394 e. The molecule has 0 saturated carbocycles. The van der Waals surface area contributed by atoms with E-state index >= 15 is 0 Å². The molecule has 0 bridgehead atoms. The quantitative estimate of drug-likeness (QED) is 0.0227. The molecule has 80 heavy (non-hydrogen) atoms. The molecule has 1 amide bonds. The summed E-state index contributed by atoms with van der Waals surface area (Å²) in [4.78, 5) is 13.3. The van der Waals surface area contributed by atoms with Crippen molar-refractivity contribution < 1.29 is 89.4 Å². The van der Waals surface area contributed by atoms with E-state index in [0.29, 0.717) is 6.42 Å². The average Bonchev–Trinajstić information content (AvgIpc) is 3.58. The van der Waals surface area contributed by atoms with Gasteiger partial charge in [-0.1, -0.05) is 225 Å². The van der Waals surface area contributed by atoms with E-state index in [1.165, 1.54) is 167 Å². The number of rotatable bonds is 48. The number of aliphatic hydroxyl groups excluding tert-OH is 11. The molecule has 0 aromatic heterocycles. The first-order valence-electron chi connectivity index (χ1n) is 31.9. The number of nitrogens with one attached hydrogen (secondary N) is 1. The molecule has 19 nitrogen and oxygen atoms in total. The standard InChI is InChI=1S/C61H115NO18/c1-3-5-7-9-11-13-15-17-18-19-20-21-22-23-24-25-27-28-30-32-34-36-38-45(66)44(62-49(67)39-37-35-33-31-29-26-16-14-12-10-8-6-4-2)43-75-59-55(73)52(70)57(47(41-64)77-59)80-61-56(74)53(71)58(48(42-65)78-61)79-60-54(72)51(69)50(68)46(40-63)76-60/h36,38,44-48,50-61,63-66,68-74H,3-35,37,39-43H2,1-2H3,(H,62,67)/b38-36+. The highest BCUT2D eigenvalue weighted by Crippen LogP contribution is 2.33. The molecular weight excluding hydrogens is 1030 g/mol. The van der Waals surface area contributed by atoms with Crippen LogP contribution in [0.5, 0.6) is 0 Å². The minimum atomic E-state index is -1.97. The van der Waals surface area contributed by atoms with Gasteiger partial charge in [-0.25, -0.2) is 0 Å². The van der Waals surface area contributed by atoms with Crippen molar-refractivity contribution in [1.82, 2.24) is 5.32 Å². The maximum absolute atomic E-state index is 13.3. The number of aliphatic hydroxyl groups is 11. The van der Waals surface area contributed by atoms with Crippen LogP contribution in [0.25, 0.3) is 0 Å². The van der Waals surface area contributed by atoms with Gasteiger partial charge in [0, 0.05) is 6.42 Å². The molecule has 3 heterocycles. The van der Waals surface area contributed by atoms with Gasteiger partial charge in [0.2, 0.25) is 5.91 Å². The molecule has 0 aromatic carbocycles. The van der Waals surface area contributed by atoms with Crippen molar-refractivity contribution in [3.05, 3.63) is 12.2 Å². The molecule has 0 spiro atoms. The van der Waals surface area contributed by atoms with Crippen LogP contribution in [0.15, 0.2) is 12.2 Å². The molecule has 3 aliphatic heterocycles. The zero-order valence-corrected chi connectivity index (χ0v) is 49.3. The van der Waals surface area contributed by atoms with Crippen LogP contribution in [0.1, 0.15) is 239 Å². The predicted molar refractivity (Wildman–Crippen MR) is 305 cm³/mol. The van der Waals surface area contributed by atoms with Gasteiger partial charge in [0.25, 0.3) is 0 Å². The minimum absolute atomic E-state index is 0.249. The second-order valence-electron chi connectivity index (χ2n) is 23.2. The van der Waals surface area contributed by atoms with Crippen molar-refractivity contribution in [2.45, 2.75) is 343 Å². The SMILES string of the molecule is CCCCCCCCCCCCCCCCCCCCCC/C=C/C(O)C(COC1OC(CO)C(OC2OC(CO)C(OC3OC(CO)C(O)C(O)C3O)C(O)C2O)C(O)C1O)NC(=O)CCCCCCCCCCCCCCC. The van der Waals surface area contributed by atoms with Crippen LogP contribution in [0.4, 0.5) is 0 Å². The van der Waals surface area contributed by atoms with Gasteiger partial charge >= 0.3 is 0 Å². The zero-order valence-electron chi connectivity index (χ0n) is 49.3. The Morgan fingerprint density at radius 1 is 0.438 bits per heavy atom. The molecule has 0 aromatic rings. The van der Waals surface area contributed by atoms with Crippen LogP contribution in [0.2, 0.25) is 0 Å². The zero-order chi connectivity index (χ0) is 58.3. The number of unbranched alkanes of at least 4 members (excludes halogenated alkanes) is 32. The Morgan fingerprint density at radius 3 is 1.18 bits per heavy atom. The van der Waals surface area contributed by atoms with Crippen LogP contribution in [-0.4, -0.2) is 193 Å². The fourth-order valence-electron chi connectivity index (χ4n) is 11.1. The van der Waals surface area contributed by atoms with Crippen LogP contribution in [-0.2, 0) is 33.2 Å². The molecule has 3 fully saturated rings. The van der Waals surface area contributed by atoms with E-state index in [4.69, 9.17) is 28.4 Å². The molecule has 3 rings (SSSR count). The molecule has 0 aliphatic carbocycles. The fraction of sp³-hybridized carbons (Fsp3) is 0.951. The highest BCUT2D eigenvalue weighted by atomic mass is 16.8. The summed E-state index contributed by atoms with van der Waals surface area (Å²) in [7, 11) is 0. The van der Waals surface area contributed by atoms with E-state index in [-0.39, 0.29) is 18.9 Å². The van der Waals surface area contributed by atoms with E-state index < -0.39 is 124 Å². The van der Waals surface area contributed by atoms with Crippen molar-refractivity contribution >= 4 is 5.91 Å². The van der Waals surface area contributed by atoms with Gasteiger partial charge in [-0.05, 0) is 19.3 Å². The maximum atomic E-state index is 13.3. The van der Waals surface area contributed by atoms with Crippen molar-refractivity contribution in [1.29, 1.82) is 0 Å². The Bertz CT molecular complexity index is 1510. The summed E-state index contributed by atoms with van der Waals surface area (Å²) in [5.41, 5.74) is 0. The molecule has 19 heteroatoms. The van der Waals surface area contributed by atoms with Crippen molar-refractivity contribution in [2.75, 3.05) is 26.4 Å². The first kappa shape index (κ1) is 72.8. The van der Waals surface area contributed by atoms with Crippen molar-refractivity contribution in [3.8, 4) is 0 Å². The van der Waals surface area contributed by atoms with Crippen LogP contribution in [0.3, 0.4) is 0 Å². The smallest absolute Gasteiger partial charge is 0.220 e. The summed E-state index contributed by atoms with van der Waals surface area (Å²) in [6.07, 6.45) is 19.1. The van der Waals surface area contributed by atoms with Crippen molar-refractivity contribution in [3.63, 3.8) is 0 Å². The third-order valence-corrected chi connectivity index (χ3v) is 16.3. The van der Waals surface area contributed by atoms with Gasteiger partial charge in [-0.3, -0.25) is 4.79 Å². The molecule has 3 aliphatic rings. The number of carbonyl (C=O) groups is 1. The summed E-state index contributed by atoms with van der Waals surface area (Å²) in [5, 5.41) is 120. The highest BCUT2D eigenvalue weighted by molar-refractivity contribution is 5.76. The van der Waals surface area contributed by atoms with Gasteiger partial charge in [0.05, 0.1) is 38.6 Å². The molecule has 0 radical (unpaired) electrons. The largest absolute Gasteiger partial charge is 0.394 e. The lowest BCUT2D eigenvalue weighted by Crippen LogP contribution is -2.66. The predicted octanol–water partition coefficient (Wildman–Crippen LogP) is 6.55. The second kappa shape index (κ2) is 44.9. The van der Waals surface area contributed by atoms with Gasteiger partial charge in [-0.15, -0.1) is 0 Å². The Hall–Kier alpha value is -1.47. The van der Waals surface area contributed by atoms with Crippen LogP contribution in [0, 0.1) is 0 Å². The van der Waals surface area contributed by atoms with E-state index in [9.17, 15) is 61.0 Å². The summed E-state index contributed by atoms with van der Waals surface area (Å²) in [6.45, 7) is 1.74. The third kappa shape index (κ3) is 28.2. The number of amides is 1. The molecule has 472 valence electrons. The molecule has 3 saturated heterocycles.